The molecule has 1 fully saturated rings. The fraction of sp³-hybridized carbons (Fsp3) is 0.185. The zero-order valence-corrected chi connectivity index (χ0v) is 19.1. The number of nitrogens with one attached hydrogen (secondary N) is 1. The molecule has 1 N–H and O–H groups in total. The summed E-state index contributed by atoms with van der Waals surface area (Å²) < 4.78 is 2.39. The fourth-order valence-electron chi connectivity index (χ4n) is 4.67. The van der Waals surface area contributed by atoms with E-state index in [1.807, 2.05) is 24.4 Å². The van der Waals surface area contributed by atoms with Gasteiger partial charge in [0.2, 0.25) is 0 Å². The first-order valence-corrected chi connectivity index (χ1v) is 11.3. The van der Waals surface area contributed by atoms with E-state index in [-0.39, 0.29) is 12.1 Å². The molecule has 0 amide bonds. The summed E-state index contributed by atoms with van der Waals surface area (Å²) in [7, 11) is 0. The van der Waals surface area contributed by atoms with Crippen LogP contribution in [0.15, 0.2) is 91.1 Å². The second kappa shape index (κ2) is 8.60. The predicted molar refractivity (Wildman–Crippen MR) is 134 cm³/mol. The van der Waals surface area contributed by atoms with E-state index in [9.17, 15) is 0 Å². The van der Waals surface area contributed by atoms with Gasteiger partial charge in [0.15, 0.2) is 5.11 Å². The van der Waals surface area contributed by atoms with Gasteiger partial charge in [-0.15, -0.1) is 0 Å². The third-order valence-electron chi connectivity index (χ3n) is 6.25. The Balaban J connectivity index is 1.62. The normalized spacial score (nSPS) is 18.1. The van der Waals surface area contributed by atoms with Crippen molar-refractivity contribution in [2.45, 2.75) is 32.5 Å². The molecule has 0 aliphatic carbocycles. The van der Waals surface area contributed by atoms with Crippen molar-refractivity contribution in [2.24, 2.45) is 0 Å². The highest BCUT2D eigenvalue weighted by Gasteiger charge is 2.42. The van der Waals surface area contributed by atoms with E-state index in [2.05, 4.69) is 100 Å². The first-order chi connectivity index (χ1) is 15.6. The van der Waals surface area contributed by atoms with Crippen LogP contribution in [0.1, 0.15) is 40.3 Å². The summed E-state index contributed by atoms with van der Waals surface area (Å²) in [6, 6.07) is 29.3. The molecule has 1 aliphatic rings. The Hall–Kier alpha value is -3.44. The minimum absolute atomic E-state index is 0.00974. The molecule has 1 aliphatic heterocycles. The molecule has 5 rings (SSSR count). The summed E-state index contributed by atoms with van der Waals surface area (Å²) in [6.07, 6.45) is 1.85. The number of hydrogen-bond acceptors (Lipinski definition) is 2. The first kappa shape index (κ1) is 20.5. The highest BCUT2D eigenvalue weighted by atomic mass is 32.1. The van der Waals surface area contributed by atoms with Crippen LogP contribution in [-0.2, 0) is 6.54 Å². The average Bonchev–Trinajstić information content (AvgIpc) is 3.32. The van der Waals surface area contributed by atoms with Crippen molar-refractivity contribution in [3.05, 3.63) is 119 Å². The molecule has 2 aromatic heterocycles. The number of thiocarbonyl (C=S) groups is 1. The highest BCUT2D eigenvalue weighted by Crippen LogP contribution is 2.43. The van der Waals surface area contributed by atoms with Crippen LogP contribution in [0, 0.1) is 13.8 Å². The molecule has 0 spiro atoms. The van der Waals surface area contributed by atoms with Crippen molar-refractivity contribution in [3.63, 3.8) is 0 Å². The predicted octanol–water partition coefficient (Wildman–Crippen LogP) is 5.73. The van der Waals surface area contributed by atoms with E-state index in [1.165, 1.54) is 22.5 Å². The number of aromatic nitrogens is 2. The first-order valence-electron chi connectivity index (χ1n) is 10.9. The second-order valence-electron chi connectivity index (χ2n) is 8.23. The molecule has 0 radical (unpaired) electrons. The Kier molecular flexibility index (Phi) is 5.50. The van der Waals surface area contributed by atoms with E-state index in [0.717, 1.165) is 23.0 Å². The van der Waals surface area contributed by atoms with Gasteiger partial charge in [0.1, 0.15) is 0 Å². The summed E-state index contributed by atoms with van der Waals surface area (Å²) in [6.45, 7) is 5.25. The van der Waals surface area contributed by atoms with Crippen LogP contribution in [0.2, 0.25) is 0 Å². The quantitative estimate of drug-likeness (QED) is 0.404. The highest BCUT2D eigenvalue weighted by molar-refractivity contribution is 7.80. The van der Waals surface area contributed by atoms with Crippen molar-refractivity contribution in [2.75, 3.05) is 4.90 Å². The number of aryl methyl sites for hydroxylation is 1. The van der Waals surface area contributed by atoms with Gasteiger partial charge >= 0.3 is 0 Å². The van der Waals surface area contributed by atoms with Gasteiger partial charge in [-0.1, -0.05) is 54.6 Å². The van der Waals surface area contributed by atoms with Crippen molar-refractivity contribution < 1.29 is 0 Å². The Morgan fingerprint density at radius 1 is 0.906 bits per heavy atom. The molecular weight excluding hydrogens is 412 g/mol. The Morgan fingerprint density at radius 2 is 1.59 bits per heavy atom. The molecule has 2 aromatic carbocycles. The van der Waals surface area contributed by atoms with Gasteiger partial charge in [-0.3, -0.25) is 4.98 Å². The van der Waals surface area contributed by atoms with E-state index < -0.39 is 0 Å². The van der Waals surface area contributed by atoms with Gasteiger partial charge in [-0.2, -0.15) is 0 Å². The van der Waals surface area contributed by atoms with Crippen LogP contribution in [0.25, 0.3) is 0 Å². The smallest absolute Gasteiger partial charge is 0.174 e. The monoisotopic (exact) mass is 438 g/mol. The maximum atomic E-state index is 5.84. The van der Waals surface area contributed by atoms with Crippen LogP contribution >= 0.6 is 12.2 Å². The zero-order valence-electron chi connectivity index (χ0n) is 18.3. The summed E-state index contributed by atoms with van der Waals surface area (Å²) in [4.78, 5) is 6.91. The van der Waals surface area contributed by atoms with Gasteiger partial charge < -0.3 is 14.8 Å². The Morgan fingerprint density at radius 3 is 2.28 bits per heavy atom. The molecule has 2 unspecified atom stereocenters. The molecule has 4 aromatic rings. The second-order valence-corrected chi connectivity index (χ2v) is 8.62. The lowest BCUT2D eigenvalue weighted by Gasteiger charge is -2.28. The van der Waals surface area contributed by atoms with Crippen molar-refractivity contribution in [1.82, 2.24) is 14.9 Å². The van der Waals surface area contributed by atoms with E-state index in [1.54, 1.807) is 0 Å². The largest absolute Gasteiger partial charge is 0.351 e. The van der Waals surface area contributed by atoms with Crippen molar-refractivity contribution in [1.29, 1.82) is 0 Å². The third-order valence-corrected chi connectivity index (χ3v) is 6.56. The van der Waals surface area contributed by atoms with Crippen LogP contribution in [0.3, 0.4) is 0 Å². The van der Waals surface area contributed by atoms with Gasteiger partial charge in [0, 0.05) is 29.8 Å². The number of anilines is 1. The molecule has 2 atom stereocenters. The number of rotatable bonds is 5. The van der Waals surface area contributed by atoms with Crippen LogP contribution < -0.4 is 10.2 Å². The Labute approximate surface area is 194 Å². The number of pyridine rings is 1. The van der Waals surface area contributed by atoms with Gasteiger partial charge in [0.25, 0.3) is 0 Å². The SMILES string of the molecule is Cc1cc(C2C(c3ccccn3)NC(=S)N2c2ccccc2)c(C)n1Cc1ccccc1. The number of nitrogens with zero attached hydrogens (tertiary/aromatic N) is 3. The van der Waals surface area contributed by atoms with Crippen molar-refractivity contribution in [3.8, 4) is 0 Å². The lowest BCUT2D eigenvalue weighted by molar-refractivity contribution is 0.563. The average molecular weight is 439 g/mol. The lowest BCUT2D eigenvalue weighted by atomic mass is 9.96. The standard InChI is InChI=1S/C27H26N4S/c1-19-17-23(20(2)30(19)18-21-11-5-3-6-12-21)26-25(24-15-9-10-16-28-24)29-27(32)31(26)22-13-7-4-8-14-22/h3-17,25-26H,18H2,1-2H3,(H,29,32). The van der Waals surface area contributed by atoms with E-state index >= 15 is 0 Å². The van der Waals surface area contributed by atoms with Crippen molar-refractivity contribution >= 4 is 23.0 Å². The number of para-hydroxylation sites is 1. The summed E-state index contributed by atoms with van der Waals surface area (Å²) in [5, 5.41) is 4.29. The number of benzene rings is 2. The summed E-state index contributed by atoms with van der Waals surface area (Å²) in [5.74, 6) is 0. The minimum atomic E-state index is -0.0328. The summed E-state index contributed by atoms with van der Waals surface area (Å²) >= 11 is 5.84. The molecule has 0 bridgehead atoms. The minimum Gasteiger partial charge on any atom is -0.351 e. The zero-order chi connectivity index (χ0) is 22.1. The number of hydrogen-bond donors (Lipinski definition) is 1. The fourth-order valence-corrected chi connectivity index (χ4v) is 5.02. The molecule has 160 valence electrons. The topological polar surface area (TPSA) is 33.1 Å². The molecule has 4 nitrogen and oxygen atoms in total. The summed E-state index contributed by atoms with van der Waals surface area (Å²) in [5.41, 5.74) is 7.14. The molecule has 3 heterocycles. The molecule has 0 saturated carbocycles. The van der Waals surface area contributed by atoms with Gasteiger partial charge in [-0.25, -0.2) is 0 Å². The van der Waals surface area contributed by atoms with Crippen LogP contribution in [0.4, 0.5) is 5.69 Å². The molecule has 32 heavy (non-hydrogen) atoms. The molecule has 1 saturated heterocycles. The maximum absolute atomic E-state index is 5.84. The molecule has 5 heteroatoms. The van der Waals surface area contributed by atoms with Crippen LogP contribution in [0.5, 0.6) is 0 Å². The third kappa shape index (κ3) is 3.69. The van der Waals surface area contributed by atoms with Crippen LogP contribution in [-0.4, -0.2) is 14.7 Å². The molecular formula is C27H26N4S. The van der Waals surface area contributed by atoms with Gasteiger partial charge in [-0.05, 0) is 67.5 Å². The lowest BCUT2D eigenvalue weighted by Crippen LogP contribution is -2.29. The van der Waals surface area contributed by atoms with E-state index in [4.69, 9.17) is 12.2 Å². The maximum Gasteiger partial charge on any atom is 0.174 e. The van der Waals surface area contributed by atoms with Gasteiger partial charge in [0.05, 0.1) is 17.8 Å². The Bertz CT molecular complexity index is 1220. The van der Waals surface area contributed by atoms with E-state index in [0.29, 0.717) is 0 Å².